The SMILES string of the molecule is CC(C)(C)C12C=CC=CC1C(=O)OC2=O. The molecule has 2 atom stereocenters. The molecular formula is C12H14O3. The van der Waals surface area contributed by atoms with Crippen LogP contribution in [0.4, 0.5) is 0 Å². The lowest BCUT2D eigenvalue weighted by atomic mass is 9.59. The van der Waals surface area contributed by atoms with E-state index in [-0.39, 0.29) is 5.41 Å². The van der Waals surface area contributed by atoms with Gasteiger partial charge in [0.05, 0.1) is 5.92 Å². The van der Waals surface area contributed by atoms with Crippen molar-refractivity contribution in [3.8, 4) is 0 Å². The highest BCUT2D eigenvalue weighted by Gasteiger charge is 2.61. The zero-order valence-corrected chi connectivity index (χ0v) is 9.11. The second-order valence-electron chi connectivity index (χ2n) is 5.05. The molecular weight excluding hydrogens is 192 g/mol. The maximum absolute atomic E-state index is 11.9. The minimum atomic E-state index is -0.821. The van der Waals surface area contributed by atoms with Crippen LogP contribution in [-0.4, -0.2) is 11.9 Å². The molecule has 2 rings (SSSR count). The van der Waals surface area contributed by atoms with E-state index < -0.39 is 23.3 Å². The fourth-order valence-electron chi connectivity index (χ4n) is 2.36. The maximum Gasteiger partial charge on any atom is 0.325 e. The van der Waals surface area contributed by atoms with Crippen molar-refractivity contribution >= 4 is 11.9 Å². The lowest BCUT2D eigenvalue weighted by Crippen LogP contribution is -2.44. The van der Waals surface area contributed by atoms with Crippen molar-refractivity contribution in [2.24, 2.45) is 16.7 Å². The molecule has 1 saturated heterocycles. The molecule has 0 bridgehead atoms. The van der Waals surface area contributed by atoms with Gasteiger partial charge in [-0.15, -0.1) is 0 Å². The van der Waals surface area contributed by atoms with Crippen molar-refractivity contribution in [1.29, 1.82) is 0 Å². The summed E-state index contributed by atoms with van der Waals surface area (Å²) in [6.07, 6.45) is 7.14. The van der Waals surface area contributed by atoms with Crippen LogP contribution in [0.1, 0.15) is 20.8 Å². The number of ether oxygens (including phenoxy) is 1. The molecule has 80 valence electrons. The van der Waals surface area contributed by atoms with Crippen LogP contribution in [0.5, 0.6) is 0 Å². The predicted molar refractivity (Wildman–Crippen MR) is 54.8 cm³/mol. The number of fused-ring (bicyclic) bond motifs is 1. The van der Waals surface area contributed by atoms with Gasteiger partial charge in [0.2, 0.25) is 0 Å². The number of hydrogen-bond donors (Lipinski definition) is 0. The molecule has 0 aromatic carbocycles. The van der Waals surface area contributed by atoms with Crippen molar-refractivity contribution in [3.05, 3.63) is 24.3 Å². The Morgan fingerprint density at radius 1 is 1.27 bits per heavy atom. The first-order valence-corrected chi connectivity index (χ1v) is 5.02. The average Bonchev–Trinajstić information content (AvgIpc) is 2.40. The molecule has 2 unspecified atom stereocenters. The molecule has 0 aromatic heterocycles. The fraction of sp³-hybridized carbons (Fsp3) is 0.500. The predicted octanol–water partition coefficient (Wildman–Crippen LogP) is 1.84. The summed E-state index contributed by atoms with van der Waals surface area (Å²) in [5.74, 6) is -1.32. The lowest BCUT2D eigenvalue weighted by molar-refractivity contribution is -0.156. The summed E-state index contributed by atoms with van der Waals surface area (Å²) in [4.78, 5) is 23.4. The summed E-state index contributed by atoms with van der Waals surface area (Å²) in [5, 5.41) is 0. The van der Waals surface area contributed by atoms with E-state index in [0.717, 1.165) is 0 Å². The molecule has 1 fully saturated rings. The monoisotopic (exact) mass is 206 g/mol. The summed E-state index contributed by atoms with van der Waals surface area (Å²) in [7, 11) is 0. The second kappa shape index (κ2) is 2.81. The van der Waals surface area contributed by atoms with Gasteiger partial charge in [-0.25, -0.2) is 0 Å². The number of hydrogen-bond acceptors (Lipinski definition) is 3. The Balaban J connectivity index is 2.60. The molecule has 1 aliphatic carbocycles. The van der Waals surface area contributed by atoms with Gasteiger partial charge in [-0.2, -0.15) is 0 Å². The quantitative estimate of drug-likeness (QED) is 0.448. The van der Waals surface area contributed by atoms with Crippen molar-refractivity contribution in [2.45, 2.75) is 20.8 Å². The van der Waals surface area contributed by atoms with Crippen LogP contribution in [0.15, 0.2) is 24.3 Å². The number of carbonyl (C=O) groups excluding carboxylic acids is 2. The number of rotatable bonds is 0. The molecule has 2 aliphatic rings. The molecule has 0 N–H and O–H groups in total. The topological polar surface area (TPSA) is 43.4 Å². The highest BCUT2D eigenvalue weighted by molar-refractivity contribution is 6.02. The first-order valence-electron chi connectivity index (χ1n) is 5.02. The van der Waals surface area contributed by atoms with Crippen LogP contribution in [-0.2, 0) is 14.3 Å². The average molecular weight is 206 g/mol. The van der Waals surface area contributed by atoms with E-state index >= 15 is 0 Å². The second-order valence-corrected chi connectivity index (χ2v) is 5.05. The van der Waals surface area contributed by atoms with Gasteiger partial charge in [-0.3, -0.25) is 9.59 Å². The zero-order valence-electron chi connectivity index (χ0n) is 9.11. The first-order chi connectivity index (χ1) is 6.89. The largest absolute Gasteiger partial charge is 0.392 e. The van der Waals surface area contributed by atoms with Gasteiger partial charge in [0.1, 0.15) is 5.41 Å². The van der Waals surface area contributed by atoms with Gasteiger partial charge < -0.3 is 4.74 Å². The van der Waals surface area contributed by atoms with Crippen LogP contribution in [0.3, 0.4) is 0 Å². The molecule has 15 heavy (non-hydrogen) atoms. The van der Waals surface area contributed by atoms with E-state index in [0.29, 0.717) is 0 Å². The minimum Gasteiger partial charge on any atom is -0.392 e. The van der Waals surface area contributed by atoms with E-state index in [1.54, 1.807) is 18.2 Å². The molecule has 0 aromatic rings. The Morgan fingerprint density at radius 3 is 2.47 bits per heavy atom. The summed E-state index contributed by atoms with van der Waals surface area (Å²) in [6, 6.07) is 0. The van der Waals surface area contributed by atoms with Crippen molar-refractivity contribution < 1.29 is 14.3 Å². The highest BCUT2D eigenvalue weighted by atomic mass is 16.6. The molecule has 1 aliphatic heterocycles. The first kappa shape index (κ1) is 10.1. The van der Waals surface area contributed by atoms with Gasteiger partial charge in [0.25, 0.3) is 0 Å². The van der Waals surface area contributed by atoms with E-state index in [9.17, 15) is 9.59 Å². The van der Waals surface area contributed by atoms with E-state index in [4.69, 9.17) is 4.74 Å². The fourth-order valence-corrected chi connectivity index (χ4v) is 2.36. The Morgan fingerprint density at radius 2 is 1.93 bits per heavy atom. The van der Waals surface area contributed by atoms with Gasteiger partial charge in [-0.1, -0.05) is 45.1 Å². The van der Waals surface area contributed by atoms with Crippen LogP contribution >= 0.6 is 0 Å². The smallest absolute Gasteiger partial charge is 0.325 e. The Labute approximate surface area is 88.8 Å². The van der Waals surface area contributed by atoms with Crippen molar-refractivity contribution in [1.82, 2.24) is 0 Å². The van der Waals surface area contributed by atoms with Crippen LogP contribution in [0.25, 0.3) is 0 Å². The Kier molecular flexibility index (Phi) is 1.90. The number of esters is 2. The van der Waals surface area contributed by atoms with Crippen LogP contribution in [0, 0.1) is 16.7 Å². The minimum absolute atomic E-state index is 0.331. The normalized spacial score (nSPS) is 34.2. The molecule has 0 radical (unpaired) electrons. The molecule has 0 spiro atoms. The van der Waals surface area contributed by atoms with Crippen LogP contribution < -0.4 is 0 Å². The molecule has 3 heteroatoms. The van der Waals surface area contributed by atoms with Gasteiger partial charge in [0.15, 0.2) is 0 Å². The number of allylic oxidation sites excluding steroid dienone is 2. The third kappa shape index (κ3) is 1.12. The summed E-state index contributed by atoms with van der Waals surface area (Å²) in [5.41, 5.74) is -1.15. The lowest BCUT2D eigenvalue weighted by Gasteiger charge is -2.39. The molecule has 1 heterocycles. The van der Waals surface area contributed by atoms with Gasteiger partial charge >= 0.3 is 11.9 Å². The van der Waals surface area contributed by atoms with Crippen LogP contribution in [0.2, 0.25) is 0 Å². The number of cyclic esters (lactones) is 2. The highest BCUT2D eigenvalue weighted by Crippen LogP contribution is 2.52. The van der Waals surface area contributed by atoms with Crippen molar-refractivity contribution in [3.63, 3.8) is 0 Å². The van der Waals surface area contributed by atoms with E-state index in [2.05, 4.69) is 0 Å². The zero-order chi connectivity index (χ0) is 11.3. The molecule has 0 saturated carbocycles. The summed E-state index contributed by atoms with van der Waals surface area (Å²) in [6.45, 7) is 5.84. The number of carbonyl (C=O) groups is 2. The van der Waals surface area contributed by atoms with E-state index in [1.165, 1.54) is 0 Å². The van der Waals surface area contributed by atoms with Crippen molar-refractivity contribution in [2.75, 3.05) is 0 Å². The standard InChI is InChI=1S/C12H14O3/c1-11(2,3)12-7-5-4-6-8(12)9(13)15-10(12)14/h4-8H,1-3H3. The summed E-state index contributed by atoms with van der Waals surface area (Å²) >= 11 is 0. The Bertz CT molecular complexity index is 384. The third-order valence-corrected chi connectivity index (χ3v) is 3.29. The van der Waals surface area contributed by atoms with E-state index in [1.807, 2.05) is 26.8 Å². The van der Waals surface area contributed by atoms with Gasteiger partial charge in [0, 0.05) is 0 Å². The molecule has 3 nitrogen and oxygen atoms in total. The Hall–Kier alpha value is -1.38. The van der Waals surface area contributed by atoms with Gasteiger partial charge in [-0.05, 0) is 5.41 Å². The maximum atomic E-state index is 11.9. The summed E-state index contributed by atoms with van der Waals surface area (Å²) < 4.78 is 4.76. The molecule has 0 amide bonds. The third-order valence-electron chi connectivity index (χ3n) is 3.29.